The molecule has 0 fully saturated rings. The van der Waals surface area contributed by atoms with Gasteiger partial charge in [-0.1, -0.05) is 60.7 Å². The van der Waals surface area contributed by atoms with E-state index in [1.54, 1.807) is 10.8 Å². The molecule has 1 heterocycles. The molecule has 0 aliphatic heterocycles. The Balaban J connectivity index is 0.00000208. The first kappa shape index (κ1) is 17.9. The molecule has 0 radical (unpaired) electrons. The Labute approximate surface area is 151 Å². The second-order valence-corrected chi connectivity index (χ2v) is 5.53. The summed E-state index contributed by atoms with van der Waals surface area (Å²) in [6, 6.07) is 21.4. The lowest BCUT2D eigenvalue weighted by Crippen LogP contribution is -2.25. The van der Waals surface area contributed by atoms with Crippen molar-refractivity contribution < 1.29 is 4.79 Å². The Bertz CT molecular complexity index is 884. The van der Waals surface area contributed by atoms with Crippen molar-refractivity contribution in [2.45, 2.75) is 13.5 Å². The molecule has 3 nitrogen and oxygen atoms in total. The van der Waals surface area contributed by atoms with Crippen LogP contribution in [-0.2, 0) is 6.54 Å². The van der Waals surface area contributed by atoms with Crippen molar-refractivity contribution in [3.8, 4) is 11.1 Å². The van der Waals surface area contributed by atoms with E-state index >= 15 is 0 Å². The highest BCUT2D eigenvalue weighted by atomic mass is 79.9. The Morgan fingerprint density at radius 3 is 2.21 bits per heavy atom. The van der Waals surface area contributed by atoms with Crippen LogP contribution in [0.15, 0.2) is 72.9 Å². The molecule has 0 spiro atoms. The zero-order valence-electron chi connectivity index (χ0n) is 13.4. The molecule has 0 atom stereocenters. The van der Waals surface area contributed by atoms with Crippen LogP contribution in [0, 0.1) is 12.3 Å². The molecule has 0 aliphatic carbocycles. The number of Topliss-reactive ketones (excluding diaryl/α,β-unsaturated/α-hetero) is 1. The van der Waals surface area contributed by atoms with Crippen molar-refractivity contribution in [1.29, 1.82) is 5.41 Å². The van der Waals surface area contributed by atoms with E-state index < -0.39 is 0 Å². The lowest BCUT2D eigenvalue weighted by molar-refractivity contribution is 0.0970. The van der Waals surface area contributed by atoms with Crippen molar-refractivity contribution in [3.05, 3.63) is 89.5 Å². The van der Waals surface area contributed by atoms with E-state index in [4.69, 9.17) is 5.41 Å². The zero-order valence-corrected chi connectivity index (χ0v) is 15.1. The summed E-state index contributed by atoms with van der Waals surface area (Å²) in [5, 5.41) is 8.01. The topological polar surface area (TPSA) is 45.9 Å². The van der Waals surface area contributed by atoms with Gasteiger partial charge in [0.05, 0.1) is 6.54 Å². The van der Waals surface area contributed by atoms with Gasteiger partial charge in [0.25, 0.3) is 0 Å². The minimum Gasteiger partial charge on any atom is -0.325 e. The summed E-state index contributed by atoms with van der Waals surface area (Å²) >= 11 is 0. The average Bonchev–Trinajstić information content (AvgIpc) is 2.60. The van der Waals surface area contributed by atoms with E-state index in [2.05, 4.69) is 0 Å². The monoisotopic (exact) mass is 382 g/mol. The fourth-order valence-electron chi connectivity index (χ4n) is 2.53. The number of aryl methyl sites for hydroxylation is 1. The van der Waals surface area contributed by atoms with Gasteiger partial charge in [0.15, 0.2) is 5.78 Å². The molecule has 3 aromatic rings. The van der Waals surface area contributed by atoms with Crippen molar-refractivity contribution in [3.63, 3.8) is 0 Å². The third kappa shape index (κ3) is 3.89. The van der Waals surface area contributed by atoms with E-state index in [0.717, 1.165) is 16.7 Å². The normalized spacial score (nSPS) is 10.0. The molecule has 0 saturated heterocycles. The molecule has 122 valence electrons. The van der Waals surface area contributed by atoms with Gasteiger partial charge in [-0.05, 0) is 29.7 Å². The molecule has 0 amide bonds. The predicted octanol–water partition coefficient (Wildman–Crippen LogP) is 4.40. The lowest BCUT2D eigenvalue weighted by atomic mass is 10.0. The Morgan fingerprint density at radius 2 is 1.54 bits per heavy atom. The van der Waals surface area contributed by atoms with E-state index in [0.29, 0.717) is 11.1 Å². The number of rotatable bonds is 4. The molecular weight excluding hydrogens is 364 g/mol. The Morgan fingerprint density at radius 1 is 0.917 bits per heavy atom. The van der Waals surface area contributed by atoms with E-state index in [-0.39, 0.29) is 29.3 Å². The second-order valence-electron chi connectivity index (χ2n) is 5.53. The van der Waals surface area contributed by atoms with E-state index in [1.807, 2.05) is 73.7 Å². The van der Waals surface area contributed by atoms with Crippen molar-refractivity contribution in [2.75, 3.05) is 0 Å². The highest BCUT2D eigenvalue weighted by Gasteiger charge is 2.08. The maximum absolute atomic E-state index is 12.4. The Hall–Kier alpha value is -2.46. The van der Waals surface area contributed by atoms with Crippen molar-refractivity contribution in [2.24, 2.45) is 0 Å². The zero-order chi connectivity index (χ0) is 16.2. The largest absolute Gasteiger partial charge is 0.325 e. The molecule has 0 unspecified atom stereocenters. The number of benzene rings is 2. The van der Waals surface area contributed by atoms with Crippen molar-refractivity contribution in [1.82, 2.24) is 4.57 Å². The van der Waals surface area contributed by atoms with Crippen LogP contribution in [0.4, 0.5) is 0 Å². The number of carbonyl (C=O) groups is 1. The number of pyridine rings is 1. The van der Waals surface area contributed by atoms with Crippen molar-refractivity contribution >= 4 is 22.8 Å². The van der Waals surface area contributed by atoms with Gasteiger partial charge in [0.2, 0.25) is 0 Å². The van der Waals surface area contributed by atoms with Gasteiger partial charge in [0, 0.05) is 11.8 Å². The summed E-state index contributed by atoms with van der Waals surface area (Å²) in [4.78, 5) is 12.4. The summed E-state index contributed by atoms with van der Waals surface area (Å²) in [5.41, 5.74) is 4.12. The van der Waals surface area contributed by atoms with Crippen LogP contribution in [0.2, 0.25) is 0 Å². The van der Waals surface area contributed by atoms with Crippen LogP contribution in [0.5, 0.6) is 0 Å². The van der Waals surface area contributed by atoms with Gasteiger partial charge in [-0.2, -0.15) is 0 Å². The fourth-order valence-corrected chi connectivity index (χ4v) is 2.53. The first-order valence-corrected chi connectivity index (χ1v) is 7.54. The molecule has 4 heteroatoms. The van der Waals surface area contributed by atoms with Crippen LogP contribution in [-0.4, -0.2) is 10.4 Å². The number of halogens is 1. The quantitative estimate of drug-likeness (QED) is 0.667. The molecule has 1 N–H and O–H groups in total. The number of nitrogens with zero attached hydrogens (tertiary/aromatic N) is 1. The SMILES string of the molecule is Br.Cc1cccn(CC(=O)c2ccc(-c3ccccc3)cc2)c1=N. The molecular formula is C20H19BrN2O. The number of nitrogens with one attached hydrogen (secondary N) is 1. The third-order valence-electron chi connectivity index (χ3n) is 3.90. The summed E-state index contributed by atoms with van der Waals surface area (Å²) < 4.78 is 1.67. The highest BCUT2D eigenvalue weighted by Crippen LogP contribution is 2.19. The summed E-state index contributed by atoms with van der Waals surface area (Å²) in [5.74, 6) is 0.00807. The van der Waals surface area contributed by atoms with E-state index in [1.165, 1.54) is 0 Å². The molecule has 24 heavy (non-hydrogen) atoms. The minimum atomic E-state index is 0. The highest BCUT2D eigenvalue weighted by molar-refractivity contribution is 8.93. The average molecular weight is 383 g/mol. The van der Waals surface area contributed by atoms with Gasteiger partial charge in [0.1, 0.15) is 5.49 Å². The Kier molecular flexibility index (Phi) is 5.88. The standard InChI is InChI=1S/C20H18N2O.BrH/c1-15-6-5-13-22(20(15)21)14-19(23)18-11-9-17(10-12-18)16-7-3-2-4-8-16;/h2-13,21H,14H2,1H3;1H. The molecule has 0 saturated carbocycles. The number of aromatic nitrogens is 1. The van der Waals surface area contributed by atoms with Gasteiger partial charge < -0.3 is 4.57 Å². The van der Waals surface area contributed by atoms with Crippen LogP contribution >= 0.6 is 17.0 Å². The number of hydrogen-bond donors (Lipinski definition) is 1. The number of ketones is 1. The van der Waals surface area contributed by atoms with Gasteiger partial charge in [-0.25, -0.2) is 0 Å². The van der Waals surface area contributed by atoms with Crippen LogP contribution < -0.4 is 5.49 Å². The maximum atomic E-state index is 12.4. The minimum absolute atomic E-state index is 0. The van der Waals surface area contributed by atoms with Gasteiger partial charge in [-0.15, -0.1) is 17.0 Å². The summed E-state index contributed by atoms with van der Waals surface area (Å²) in [6.45, 7) is 2.06. The summed E-state index contributed by atoms with van der Waals surface area (Å²) in [6.07, 6.45) is 1.77. The smallest absolute Gasteiger partial charge is 0.182 e. The number of carbonyl (C=O) groups excluding carboxylic acids is 1. The molecule has 3 rings (SSSR count). The fraction of sp³-hybridized carbons (Fsp3) is 0.100. The maximum Gasteiger partial charge on any atom is 0.182 e. The number of hydrogen-bond acceptors (Lipinski definition) is 2. The first-order chi connectivity index (χ1) is 11.1. The molecule has 2 aromatic carbocycles. The lowest BCUT2D eigenvalue weighted by Gasteiger charge is -2.08. The van der Waals surface area contributed by atoms with Crippen LogP contribution in [0.1, 0.15) is 15.9 Å². The molecule has 0 aliphatic rings. The molecule has 1 aromatic heterocycles. The third-order valence-corrected chi connectivity index (χ3v) is 3.90. The van der Waals surface area contributed by atoms with Crippen LogP contribution in [0.3, 0.4) is 0 Å². The van der Waals surface area contributed by atoms with Gasteiger partial charge >= 0.3 is 0 Å². The van der Waals surface area contributed by atoms with E-state index in [9.17, 15) is 4.79 Å². The van der Waals surface area contributed by atoms with Crippen LogP contribution in [0.25, 0.3) is 11.1 Å². The predicted molar refractivity (Wildman–Crippen MR) is 102 cm³/mol. The van der Waals surface area contributed by atoms with Gasteiger partial charge in [-0.3, -0.25) is 10.2 Å². The molecule has 0 bridgehead atoms. The first-order valence-electron chi connectivity index (χ1n) is 7.54. The second kappa shape index (κ2) is 7.88. The summed E-state index contributed by atoms with van der Waals surface area (Å²) in [7, 11) is 0.